The van der Waals surface area contributed by atoms with Crippen LogP contribution in [0.5, 0.6) is 0 Å². The molecule has 2 aliphatic rings. The molecule has 0 bridgehead atoms. The first kappa shape index (κ1) is 28.5. The lowest BCUT2D eigenvalue weighted by Gasteiger charge is -2.21. The van der Waals surface area contributed by atoms with Gasteiger partial charge < -0.3 is 29.0 Å². The molecule has 1 aromatic carbocycles. The fourth-order valence-electron chi connectivity index (χ4n) is 6.01. The van der Waals surface area contributed by atoms with Gasteiger partial charge in [0, 0.05) is 35.1 Å². The fourth-order valence-corrected chi connectivity index (χ4v) is 6.01. The van der Waals surface area contributed by atoms with E-state index in [1.807, 2.05) is 25.1 Å². The van der Waals surface area contributed by atoms with Crippen LogP contribution in [0.1, 0.15) is 57.5 Å². The van der Waals surface area contributed by atoms with E-state index >= 15 is 0 Å². The number of likely N-dealkylation sites (tertiary alicyclic amines) is 1. The molecule has 5 heterocycles. The number of amides is 2. The molecule has 14 heteroatoms. The molecule has 14 nitrogen and oxygen atoms in total. The second kappa shape index (κ2) is 10.1. The second-order valence-electron chi connectivity index (χ2n) is 12.5. The van der Waals surface area contributed by atoms with Crippen LogP contribution >= 0.6 is 0 Å². The number of aryl methyl sites for hydroxylation is 1. The van der Waals surface area contributed by atoms with Crippen LogP contribution in [0.25, 0.3) is 44.2 Å². The predicted octanol–water partition coefficient (Wildman–Crippen LogP) is 4.35. The van der Waals surface area contributed by atoms with Gasteiger partial charge in [-0.1, -0.05) is 6.07 Å². The molecular formula is C31H31N7O7. The molecule has 7 rings (SSSR count). The van der Waals surface area contributed by atoms with Gasteiger partial charge in [-0.2, -0.15) is 5.10 Å². The Balaban J connectivity index is 1.24. The minimum absolute atomic E-state index is 0.0350. The Labute approximate surface area is 255 Å². The molecule has 2 amide bonds. The van der Waals surface area contributed by atoms with E-state index in [0.717, 1.165) is 45.1 Å². The Morgan fingerprint density at radius 3 is 2.64 bits per heavy atom. The number of oxazole rings is 1. The summed E-state index contributed by atoms with van der Waals surface area (Å²) in [6.07, 6.45) is 3.32. The van der Waals surface area contributed by atoms with Crippen molar-refractivity contribution in [3.63, 3.8) is 0 Å². The highest BCUT2D eigenvalue weighted by molar-refractivity contribution is 6.04. The summed E-state index contributed by atoms with van der Waals surface area (Å²) in [6, 6.07) is 4.95. The van der Waals surface area contributed by atoms with Crippen LogP contribution in [0.3, 0.4) is 0 Å². The zero-order valence-corrected chi connectivity index (χ0v) is 25.2. The highest BCUT2D eigenvalue weighted by Gasteiger charge is 2.35. The van der Waals surface area contributed by atoms with Gasteiger partial charge >= 0.3 is 12.2 Å². The summed E-state index contributed by atoms with van der Waals surface area (Å²) < 4.78 is 14.1. The third-order valence-electron chi connectivity index (χ3n) is 8.14. The molecule has 4 aromatic heterocycles. The van der Waals surface area contributed by atoms with Gasteiger partial charge in [-0.3, -0.25) is 9.59 Å². The van der Waals surface area contributed by atoms with Crippen LogP contribution in [0.15, 0.2) is 39.8 Å². The minimum Gasteiger partial charge on any atom is -0.463 e. The Bertz CT molecular complexity index is 2120. The number of carbonyl (C=O) groups excluding carboxylic acids is 2. The van der Waals surface area contributed by atoms with Crippen LogP contribution in [0.4, 0.5) is 9.59 Å². The van der Waals surface area contributed by atoms with Gasteiger partial charge in [0.25, 0.3) is 5.56 Å². The lowest BCUT2D eigenvalue weighted by atomic mass is 9.97. The molecular weight excluding hydrogens is 582 g/mol. The number of pyridine rings is 2. The predicted molar refractivity (Wildman–Crippen MR) is 162 cm³/mol. The third-order valence-corrected chi connectivity index (χ3v) is 8.14. The summed E-state index contributed by atoms with van der Waals surface area (Å²) in [5.74, 6) is -0.0432. The molecule has 2 N–H and O–H groups in total. The first-order chi connectivity index (χ1) is 21.4. The molecule has 0 unspecified atom stereocenters. The molecule has 0 radical (unpaired) electrons. The number of hydrogen-bond acceptors (Lipinski definition) is 9. The largest absolute Gasteiger partial charge is 0.463 e. The van der Waals surface area contributed by atoms with Gasteiger partial charge in [-0.05, 0) is 70.2 Å². The van der Waals surface area contributed by atoms with Gasteiger partial charge in [0.2, 0.25) is 11.8 Å². The zero-order chi connectivity index (χ0) is 31.8. The van der Waals surface area contributed by atoms with Crippen molar-refractivity contribution in [2.75, 3.05) is 6.54 Å². The molecule has 0 spiro atoms. The Morgan fingerprint density at radius 1 is 1.16 bits per heavy atom. The van der Waals surface area contributed by atoms with Crippen molar-refractivity contribution < 1.29 is 28.6 Å². The lowest BCUT2D eigenvalue weighted by Crippen LogP contribution is -2.43. The SMILES string of the molecule is Cc1c(-c2cnc3c(cnn3C(=O)O)c2)ccc2c3oc(CN4CC[C@H](NC(=O)OC(C)(C)C)C4=O)nc3c(=O)n(C3CC3)c12. The quantitative estimate of drug-likeness (QED) is 0.290. The van der Waals surface area contributed by atoms with Gasteiger partial charge in [0.05, 0.1) is 18.3 Å². The number of aromatic nitrogens is 5. The molecule has 2 fully saturated rings. The molecule has 1 aliphatic carbocycles. The van der Waals surface area contributed by atoms with Gasteiger partial charge in [0.15, 0.2) is 16.7 Å². The maximum Gasteiger partial charge on any atom is 0.434 e. The number of ether oxygens (including phenoxy) is 1. The maximum absolute atomic E-state index is 13.9. The number of benzene rings is 1. The smallest absolute Gasteiger partial charge is 0.434 e. The van der Waals surface area contributed by atoms with E-state index in [2.05, 4.69) is 20.4 Å². The van der Waals surface area contributed by atoms with Gasteiger partial charge in [0.1, 0.15) is 11.6 Å². The fraction of sp³-hybridized carbons (Fsp3) is 0.387. The van der Waals surface area contributed by atoms with E-state index in [4.69, 9.17) is 9.15 Å². The van der Waals surface area contributed by atoms with Crippen molar-refractivity contribution in [1.29, 1.82) is 0 Å². The molecule has 1 saturated carbocycles. The van der Waals surface area contributed by atoms with Crippen molar-refractivity contribution in [2.45, 2.75) is 71.2 Å². The highest BCUT2D eigenvalue weighted by Crippen LogP contribution is 2.40. The summed E-state index contributed by atoms with van der Waals surface area (Å²) in [5.41, 5.74) is 3.00. The summed E-state index contributed by atoms with van der Waals surface area (Å²) in [6.45, 7) is 7.63. The summed E-state index contributed by atoms with van der Waals surface area (Å²) >= 11 is 0. The first-order valence-electron chi connectivity index (χ1n) is 14.7. The maximum atomic E-state index is 13.9. The monoisotopic (exact) mass is 613 g/mol. The number of alkyl carbamates (subject to hydrolysis) is 1. The Kier molecular flexibility index (Phi) is 6.42. The van der Waals surface area contributed by atoms with Crippen LogP contribution in [0, 0.1) is 6.92 Å². The van der Waals surface area contributed by atoms with Crippen molar-refractivity contribution in [3.05, 3.63) is 52.4 Å². The number of nitrogens with one attached hydrogen (secondary N) is 1. The Morgan fingerprint density at radius 2 is 1.93 bits per heavy atom. The van der Waals surface area contributed by atoms with Crippen LogP contribution < -0.4 is 10.9 Å². The number of carboxylic acid groups (broad SMARTS) is 1. The van der Waals surface area contributed by atoms with Gasteiger partial charge in [-0.15, -0.1) is 4.68 Å². The van der Waals surface area contributed by atoms with E-state index in [9.17, 15) is 24.3 Å². The molecule has 45 heavy (non-hydrogen) atoms. The second-order valence-corrected chi connectivity index (χ2v) is 12.5. The van der Waals surface area contributed by atoms with Crippen molar-refractivity contribution >= 4 is 51.1 Å². The van der Waals surface area contributed by atoms with Crippen molar-refractivity contribution in [1.82, 2.24) is 34.5 Å². The van der Waals surface area contributed by atoms with E-state index in [-0.39, 0.29) is 41.1 Å². The molecule has 232 valence electrons. The van der Waals surface area contributed by atoms with Crippen LogP contribution in [-0.2, 0) is 16.1 Å². The zero-order valence-electron chi connectivity index (χ0n) is 25.2. The number of hydrogen-bond donors (Lipinski definition) is 2. The average molecular weight is 614 g/mol. The summed E-state index contributed by atoms with van der Waals surface area (Å²) in [7, 11) is 0. The molecule has 5 aromatic rings. The van der Waals surface area contributed by atoms with E-state index in [1.165, 1.54) is 6.20 Å². The van der Waals surface area contributed by atoms with Crippen molar-refractivity contribution in [3.8, 4) is 11.1 Å². The standard InChI is InChI=1S/C31H31N7O7/c1-15-19(16-11-17-13-33-38(30(42)43)26(17)32-12-16)7-8-20-24(15)37(18-5-6-18)28(40)23-25(20)44-22(35-23)14-36-10-9-21(27(36)39)34-29(41)45-31(2,3)4/h7-8,11-13,18,21H,5-6,9-10,14H2,1-4H3,(H,34,41)(H,42,43)/t21-/m0/s1. The van der Waals surface area contributed by atoms with Crippen molar-refractivity contribution in [2.24, 2.45) is 0 Å². The van der Waals surface area contributed by atoms with E-state index < -0.39 is 23.8 Å². The average Bonchev–Trinajstić information content (AvgIpc) is 3.41. The number of fused-ring (bicyclic) bond motifs is 4. The van der Waals surface area contributed by atoms with E-state index in [1.54, 1.807) is 36.4 Å². The number of carbonyl (C=O) groups is 3. The lowest BCUT2D eigenvalue weighted by molar-refractivity contribution is -0.130. The highest BCUT2D eigenvalue weighted by atomic mass is 16.6. The van der Waals surface area contributed by atoms with Gasteiger partial charge in [-0.25, -0.2) is 19.6 Å². The summed E-state index contributed by atoms with van der Waals surface area (Å²) in [5, 5.41) is 17.2. The van der Waals surface area contributed by atoms with E-state index in [0.29, 0.717) is 23.9 Å². The topological polar surface area (TPSA) is 175 Å². The number of rotatable bonds is 5. The van der Waals surface area contributed by atoms with Crippen LogP contribution in [-0.4, -0.2) is 70.6 Å². The molecule has 1 atom stereocenters. The molecule has 1 saturated heterocycles. The third kappa shape index (κ3) is 4.95. The Hall–Kier alpha value is -5.27. The molecule has 1 aliphatic heterocycles. The number of nitrogens with zero attached hydrogens (tertiary/aromatic N) is 6. The van der Waals surface area contributed by atoms with Crippen LogP contribution in [0.2, 0.25) is 0 Å². The first-order valence-corrected chi connectivity index (χ1v) is 14.7. The normalized spacial score (nSPS) is 17.1. The minimum atomic E-state index is -1.22. The summed E-state index contributed by atoms with van der Waals surface area (Å²) in [4.78, 5) is 61.1.